The predicted octanol–water partition coefficient (Wildman–Crippen LogP) is 0.308. The van der Waals surface area contributed by atoms with E-state index >= 15 is 0 Å². The van der Waals surface area contributed by atoms with Crippen molar-refractivity contribution < 1.29 is 14.7 Å². The third kappa shape index (κ3) is 3.70. The highest BCUT2D eigenvalue weighted by atomic mass is 16.4. The molecule has 5 heteroatoms. The van der Waals surface area contributed by atoms with Gasteiger partial charge in [-0.05, 0) is 25.2 Å². The van der Waals surface area contributed by atoms with E-state index in [9.17, 15) is 9.59 Å². The van der Waals surface area contributed by atoms with Crippen molar-refractivity contribution in [1.29, 1.82) is 0 Å². The predicted molar refractivity (Wildman–Crippen MR) is 62.5 cm³/mol. The summed E-state index contributed by atoms with van der Waals surface area (Å²) < 4.78 is 0. The lowest BCUT2D eigenvalue weighted by molar-refractivity contribution is -0.144. The highest BCUT2D eigenvalue weighted by Crippen LogP contribution is 2.31. The van der Waals surface area contributed by atoms with Crippen LogP contribution < -0.4 is 5.32 Å². The van der Waals surface area contributed by atoms with Gasteiger partial charge >= 0.3 is 5.97 Å². The van der Waals surface area contributed by atoms with Gasteiger partial charge in [-0.3, -0.25) is 9.59 Å². The third-order valence-electron chi connectivity index (χ3n) is 3.50. The quantitative estimate of drug-likeness (QED) is 0.742. The van der Waals surface area contributed by atoms with Gasteiger partial charge in [-0.2, -0.15) is 0 Å². The molecule has 5 nitrogen and oxygen atoms in total. The van der Waals surface area contributed by atoms with Crippen LogP contribution in [0.2, 0.25) is 0 Å². The lowest BCUT2D eigenvalue weighted by atomic mass is 9.94. The van der Waals surface area contributed by atoms with Crippen LogP contribution in [-0.4, -0.2) is 47.6 Å². The molecule has 17 heavy (non-hydrogen) atoms. The van der Waals surface area contributed by atoms with Crippen LogP contribution >= 0.6 is 0 Å². The second-order valence-corrected chi connectivity index (χ2v) is 5.33. The Hall–Kier alpha value is -1.10. The molecule has 0 aromatic heterocycles. The van der Waals surface area contributed by atoms with Crippen molar-refractivity contribution in [3.8, 4) is 0 Å². The summed E-state index contributed by atoms with van der Waals surface area (Å²) in [5.74, 6) is -0.423. The van der Waals surface area contributed by atoms with Crippen LogP contribution in [0, 0.1) is 11.8 Å². The zero-order valence-corrected chi connectivity index (χ0v) is 10.2. The second-order valence-electron chi connectivity index (χ2n) is 5.33. The zero-order chi connectivity index (χ0) is 12.4. The first-order valence-electron chi connectivity index (χ1n) is 6.27. The first kappa shape index (κ1) is 12.4. The van der Waals surface area contributed by atoms with Crippen molar-refractivity contribution in [3.05, 3.63) is 0 Å². The monoisotopic (exact) mass is 240 g/mol. The van der Waals surface area contributed by atoms with Gasteiger partial charge < -0.3 is 15.3 Å². The Morgan fingerprint density at radius 2 is 2.06 bits per heavy atom. The van der Waals surface area contributed by atoms with Gasteiger partial charge in [0.2, 0.25) is 5.91 Å². The molecule has 0 aromatic carbocycles. The maximum Gasteiger partial charge on any atom is 0.307 e. The number of aliphatic carboxylic acids is 1. The molecule has 2 fully saturated rings. The van der Waals surface area contributed by atoms with Gasteiger partial charge in [-0.25, -0.2) is 0 Å². The molecule has 1 aliphatic carbocycles. The van der Waals surface area contributed by atoms with Crippen molar-refractivity contribution in [2.24, 2.45) is 11.8 Å². The number of hydrogen-bond acceptors (Lipinski definition) is 3. The summed E-state index contributed by atoms with van der Waals surface area (Å²) in [6.07, 6.45) is 3.08. The van der Waals surface area contributed by atoms with E-state index < -0.39 is 5.97 Å². The molecular weight excluding hydrogens is 220 g/mol. The Bertz CT molecular complexity index is 315. The highest BCUT2D eigenvalue weighted by molar-refractivity contribution is 5.74. The van der Waals surface area contributed by atoms with Crippen LogP contribution in [0.1, 0.15) is 26.2 Å². The number of carboxylic acids is 1. The normalized spacial score (nSPS) is 29.9. The molecule has 0 radical (unpaired) electrons. The fourth-order valence-electron chi connectivity index (χ4n) is 2.58. The Balaban J connectivity index is 1.92. The fourth-order valence-corrected chi connectivity index (χ4v) is 2.58. The van der Waals surface area contributed by atoms with Crippen molar-refractivity contribution in [3.63, 3.8) is 0 Å². The van der Waals surface area contributed by atoms with Gasteiger partial charge in [0.25, 0.3) is 0 Å². The van der Waals surface area contributed by atoms with Crippen LogP contribution in [0.15, 0.2) is 0 Å². The Kier molecular flexibility index (Phi) is 3.66. The van der Waals surface area contributed by atoms with Gasteiger partial charge in [0, 0.05) is 32.6 Å². The Morgan fingerprint density at radius 1 is 1.35 bits per heavy atom. The molecule has 1 saturated heterocycles. The zero-order valence-electron chi connectivity index (χ0n) is 10.2. The van der Waals surface area contributed by atoms with E-state index in [-0.39, 0.29) is 17.9 Å². The van der Waals surface area contributed by atoms with Crippen LogP contribution in [0.25, 0.3) is 0 Å². The molecular formula is C12H20N2O3. The molecule has 0 bridgehead atoms. The first-order chi connectivity index (χ1) is 8.04. The van der Waals surface area contributed by atoms with E-state index in [1.165, 1.54) is 19.8 Å². The molecule has 2 unspecified atom stereocenters. The van der Waals surface area contributed by atoms with Crippen LogP contribution in [0.5, 0.6) is 0 Å². The molecule has 2 atom stereocenters. The van der Waals surface area contributed by atoms with E-state index in [1.54, 1.807) is 0 Å². The maximum absolute atomic E-state index is 11.1. The number of piperidine rings is 1. The molecule has 1 amide bonds. The molecule has 96 valence electrons. The minimum atomic E-state index is -0.749. The Labute approximate surface area is 101 Å². The van der Waals surface area contributed by atoms with Gasteiger partial charge in [0.15, 0.2) is 0 Å². The van der Waals surface area contributed by atoms with E-state index in [0.717, 1.165) is 19.0 Å². The number of nitrogens with zero attached hydrogens (tertiary/aromatic N) is 1. The number of carboxylic acid groups (broad SMARTS) is 1. The average molecular weight is 240 g/mol. The second kappa shape index (κ2) is 5.04. The van der Waals surface area contributed by atoms with Gasteiger partial charge in [0.05, 0.1) is 5.92 Å². The van der Waals surface area contributed by atoms with Crippen molar-refractivity contribution in [2.75, 3.05) is 19.6 Å². The summed E-state index contributed by atoms with van der Waals surface area (Å²) >= 11 is 0. The number of amides is 1. The summed E-state index contributed by atoms with van der Waals surface area (Å²) in [6, 6.07) is -0.0129. The number of likely N-dealkylation sites (tertiary alicyclic amines) is 1. The molecule has 2 N–H and O–H groups in total. The van der Waals surface area contributed by atoms with E-state index in [0.29, 0.717) is 13.0 Å². The standard InChI is InChI=1S/C12H20N2O3/c1-8(15)13-11-4-10(12(16)17)6-14(7-11)5-9-2-3-9/h9-11H,2-7H2,1H3,(H,13,15)(H,16,17). The minimum absolute atomic E-state index is 0.0129. The Morgan fingerprint density at radius 3 is 2.59 bits per heavy atom. The van der Waals surface area contributed by atoms with Crippen molar-refractivity contribution in [1.82, 2.24) is 10.2 Å². The lowest BCUT2D eigenvalue weighted by Crippen LogP contribution is -2.52. The number of carbonyl (C=O) groups excluding carboxylic acids is 1. The van der Waals surface area contributed by atoms with Crippen LogP contribution in [0.4, 0.5) is 0 Å². The largest absolute Gasteiger partial charge is 0.481 e. The number of hydrogen-bond donors (Lipinski definition) is 2. The topological polar surface area (TPSA) is 69.6 Å². The molecule has 1 heterocycles. The van der Waals surface area contributed by atoms with Gasteiger partial charge in [0.1, 0.15) is 0 Å². The summed E-state index contributed by atoms with van der Waals surface area (Å²) in [4.78, 5) is 24.3. The van der Waals surface area contributed by atoms with Crippen LogP contribution in [-0.2, 0) is 9.59 Å². The van der Waals surface area contributed by atoms with Gasteiger partial charge in [-0.1, -0.05) is 0 Å². The summed E-state index contributed by atoms with van der Waals surface area (Å²) in [6.45, 7) is 3.89. The molecule has 1 saturated carbocycles. The van der Waals surface area contributed by atoms with Crippen molar-refractivity contribution in [2.45, 2.75) is 32.2 Å². The third-order valence-corrected chi connectivity index (χ3v) is 3.50. The summed E-state index contributed by atoms with van der Waals surface area (Å²) in [5.41, 5.74) is 0. The number of carbonyl (C=O) groups is 2. The fraction of sp³-hybridized carbons (Fsp3) is 0.833. The molecule has 2 rings (SSSR count). The molecule has 0 spiro atoms. The van der Waals surface area contributed by atoms with Crippen molar-refractivity contribution >= 4 is 11.9 Å². The first-order valence-corrected chi connectivity index (χ1v) is 6.27. The maximum atomic E-state index is 11.1. The molecule has 0 aromatic rings. The van der Waals surface area contributed by atoms with E-state index in [2.05, 4.69) is 10.2 Å². The highest BCUT2D eigenvalue weighted by Gasteiger charge is 2.34. The molecule has 1 aliphatic heterocycles. The van der Waals surface area contributed by atoms with Crippen LogP contribution in [0.3, 0.4) is 0 Å². The number of rotatable bonds is 4. The minimum Gasteiger partial charge on any atom is -0.481 e. The smallest absolute Gasteiger partial charge is 0.307 e. The average Bonchev–Trinajstić information content (AvgIpc) is 3.00. The summed E-state index contributed by atoms with van der Waals surface area (Å²) in [7, 11) is 0. The SMILES string of the molecule is CC(=O)NC1CC(C(=O)O)CN(CC2CC2)C1. The lowest BCUT2D eigenvalue weighted by Gasteiger charge is -2.36. The number of nitrogens with one attached hydrogen (secondary N) is 1. The molecule has 2 aliphatic rings. The van der Waals surface area contributed by atoms with E-state index in [4.69, 9.17) is 5.11 Å². The summed E-state index contributed by atoms with van der Waals surface area (Å²) in [5, 5.41) is 12.0. The van der Waals surface area contributed by atoms with Gasteiger partial charge in [-0.15, -0.1) is 0 Å². The van der Waals surface area contributed by atoms with E-state index in [1.807, 2.05) is 0 Å².